The van der Waals surface area contributed by atoms with E-state index in [0.717, 1.165) is 12.8 Å². The molecule has 0 radical (unpaired) electrons. The number of Topliss-reactive ketones (excluding diaryl/α,β-unsaturated/α-hetero) is 1. The van der Waals surface area contributed by atoms with Crippen LogP contribution < -0.4 is 5.32 Å². The largest absolute Gasteiger partial charge is 0.396 e. The van der Waals surface area contributed by atoms with Gasteiger partial charge in [-0.05, 0) is 44.0 Å². The van der Waals surface area contributed by atoms with Crippen LogP contribution in [0.25, 0.3) is 0 Å². The zero-order valence-electron chi connectivity index (χ0n) is 13.7. The number of rotatable bonds is 5. The van der Waals surface area contributed by atoms with Crippen LogP contribution in [0.4, 0.5) is 10.5 Å². The lowest BCUT2D eigenvalue weighted by Gasteiger charge is -2.38. The minimum absolute atomic E-state index is 0.00982. The van der Waals surface area contributed by atoms with E-state index in [1.165, 1.54) is 6.92 Å². The number of nitrogens with one attached hydrogen (secondary N) is 1. The molecule has 0 spiro atoms. The van der Waals surface area contributed by atoms with Crippen LogP contribution in [0.2, 0.25) is 0 Å². The van der Waals surface area contributed by atoms with Crippen molar-refractivity contribution in [2.24, 2.45) is 5.41 Å². The summed E-state index contributed by atoms with van der Waals surface area (Å²) in [4.78, 5) is 25.1. The maximum absolute atomic E-state index is 12.3. The summed E-state index contributed by atoms with van der Waals surface area (Å²) < 4.78 is 5.34. The molecule has 126 valence electrons. The molecular formula is C17H24N2O4. The van der Waals surface area contributed by atoms with Gasteiger partial charge < -0.3 is 20.1 Å². The first kappa shape index (κ1) is 17.4. The molecule has 6 heteroatoms. The van der Waals surface area contributed by atoms with Gasteiger partial charge in [0.15, 0.2) is 5.78 Å². The Morgan fingerprint density at radius 1 is 1.26 bits per heavy atom. The van der Waals surface area contributed by atoms with Gasteiger partial charge in [0.2, 0.25) is 0 Å². The summed E-state index contributed by atoms with van der Waals surface area (Å²) in [5.41, 5.74) is 0.956. The van der Waals surface area contributed by atoms with Crippen LogP contribution in [0.5, 0.6) is 0 Å². The Bertz CT molecular complexity index is 550. The molecule has 2 rings (SSSR count). The number of carbonyl (C=O) groups excluding carboxylic acids is 2. The van der Waals surface area contributed by atoms with E-state index in [-0.39, 0.29) is 23.8 Å². The summed E-state index contributed by atoms with van der Waals surface area (Å²) in [7, 11) is 1.71. The maximum Gasteiger partial charge on any atom is 0.321 e. The van der Waals surface area contributed by atoms with Gasteiger partial charge in [-0.15, -0.1) is 0 Å². The molecule has 0 aliphatic carbocycles. The number of hydrogen-bond acceptors (Lipinski definition) is 4. The third kappa shape index (κ3) is 4.53. The molecule has 1 heterocycles. The number of aliphatic hydroxyl groups excluding tert-OH is 1. The standard InChI is InChI=1S/C17H24N2O4/c1-13(21)14-3-5-15(6-4-14)18-16(22)19(2)11-17(12-20)7-9-23-10-8-17/h3-6,20H,7-12H2,1-2H3,(H,18,22). The number of amides is 2. The summed E-state index contributed by atoms with van der Waals surface area (Å²) in [6, 6.07) is 6.55. The fourth-order valence-corrected chi connectivity index (χ4v) is 2.75. The van der Waals surface area contributed by atoms with Gasteiger partial charge in [0.1, 0.15) is 0 Å². The molecule has 0 unspecified atom stereocenters. The van der Waals surface area contributed by atoms with Gasteiger partial charge in [0.25, 0.3) is 0 Å². The van der Waals surface area contributed by atoms with Crippen LogP contribution >= 0.6 is 0 Å². The first-order valence-corrected chi connectivity index (χ1v) is 7.77. The first-order chi connectivity index (χ1) is 11.0. The SMILES string of the molecule is CC(=O)c1ccc(NC(=O)N(C)CC2(CO)CCOCC2)cc1. The molecule has 0 saturated carbocycles. The number of aliphatic hydroxyl groups is 1. The topological polar surface area (TPSA) is 78.9 Å². The number of hydrogen-bond donors (Lipinski definition) is 2. The summed E-state index contributed by atoms with van der Waals surface area (Å²) in [5.74, 6) is -0.00982. The number of urea groups is 1. The van der Waals surface area contributed by atoms with Crippen molar-refractivity contribution in [2.45, 2.75) is 19.8 Å². The third-order valence-electron chi connectivity index (χ3n) is 4.35. The van der Waals surface area contributed by atoms with E-state index in [4.69, 9.17) is 4.74 Å². The lowest BCUT2D eigenvalue weighted by Crippen LogP contribution is -2.45. The molecule has 2 N–H and O–H groups in total. The normalized spacial score (nSPS) is 16.7. The second kappa shape index (κ2) is 7.57. The van der Waals surface area contributed by atoms with Crippen LogP contribution in [0, 0.1) is 5.41 Å². The Morgan fingerprint density at radius 2 is 1.87 bits per heavy atom. The van der Waals surface area contributed by atoms with Crippen molar-refractivity contribution >= 4 is 17.5 Å². The molecule has 0 aromatic heterocycles. The van der Waals surface area contributed by atoms with Gasteiger partial charge in [0, 0.05) is 43.5 Å². The fourth-order valence-electron chi connectivity index (χ4n) is 2.75. The molecule has 2 amide bonds. The molecule has 23 heavy (non-hydrogen) atoms. The van der Waals surface area contributed by atoms with Gasteiger partial charge in [-0.3, -0.25) is 4.79 Å². The van der Waals surface area contributed by atoms with E-state index in [9.17, 15) is 14.7 Å². The molecule has 0 atom stereocenters. The Kier molecular flexibility index (Phi) is 5.74. The highest BCUT2D eigenvalue weighted by atomic mass is 16.5. The molecule has 1 aromatic rings. The monoisotopic (exact) mass is 320 g/mol. The van der Waals surface area contributed by atoms with E-state index in [1.54, 1.807) is 36.2 Å². The lowest BCUT2D eigenvalue weighted by atomic mass is 9.80. The number of ether oxygens (including phenoxy) is 1. The predicted molar refractivity (Wildman–Crippen MR) is 87.7 cm³/mol. The van der Waals surface area contributed by atoms with Crippen molar-refractivity contribution in [1.82, 2.24) is 4.90 Å². The third-order valence-corrected chi connectivity index (χ3v) is 4.35. The van der Waals surface area contributed by atoms with Gasteiger partial charge in [-0.25, -0.2) is 4.79 Å². The zero-order chi connectivity index (χ0) is 16.9. The van der Waals surface area contributed by atoms with Crippen LogP contribution in [0.15, 0.2) is 24.3 Å². The van der Waals surface area contributed by atoms with Crippen LogP contribution in [0.1, 0.15) is 30.1 Å². The molecule has 0 bridgehead atoms. The van der Waals surface area contributed by atoms with Crippen molar-refractivity contribution in [3.63, 3.8) is 0 Å². The number of anilines is 1. The molecule has 1 fully saturated rings. The molecule has 1 aromatic carbocycles. The van der Waals surface area contributed by atoms with Crippen LogP contribution in [-0.2, 0) is 4.74 Å². The van der Waals surface area contributed by atoms with Crippen molar-refractivity contribution in [3.05, 3.63) is 29.8 Å². The highest BCUT2D eigenvalue weighted by Crippen LogP contribution is 2.30. The quantitative estimate of drug-likeness (QED) is 0.815. The van der Waals surface area contributed by atoms with E-state index >= 15 is 0 Å². The predicted octanol–water partition coefficient (Wildman–Crippen LogP) is 2.14. The highest BCUT2D eigenvalue weighted by molar-refractivity contribution is 5.95. The van der Waals surface area contributed by atoms with Crippen LogP contribution in [0.3, 0.4) is 0 Å². The molecule has 1 saturated heterocycles. The van der Waals surface area contributed by atoms with Crippen molar-refractivity contribution in [1.29, 1.82) is 0 Å². The second-order valence-corrected chi connectivity index (χ2v) is 6.19. The average Bonchev–Trinajstić information content (AvgIpc) is 2.56. The summed E-state index contributed by atoms with van der Waals surface area (Å²) in [6.45, 7) is 3.25. The molecular weight excluding hydrogens is 296 g/mol. The number of carbonyl (C=O) groups is 2. The van der Waals surface area contributed by atoms with Crippen molar-refractivity contribution in [2.75, 3.05) is 38.7 Å². The van der Waals surface area contributed by atoms with Gasteiger partial charge >= 0.3 is 6.03 Å². The summed E-state index contributed by atoms with van der Waals surface area (Å²) in [5, 5.41) is 12.5. The summed E-state index contributed by atoms with van der Waals surface area (Å²) >= 11 is 0. The highest BCUT2D eigenvalue weighted by Gasteiger charge is 2.34. The van der Waals surface area contributed by atoms with Gasteiger partial charge in [-0.2, -0.15) is 0 Å². The Labute approximate surface area is 136 Å². The van der Waals surface area contributed by atoms with E-state index < -0.39 is 0 Å². The van der Waals surface area contributed by atoms with Gasteiger partial charge in [-0.1, -0.05) is 0 Å². The Morgan fingerprint density at radius 3 is 2.39 bits per heavy atom. The number of ketones is 1. The second-order valence-electron chi connectivity index (χ2n) is 6.19. The first-order valence-electron chi connectivity index (χ1n) is 7.77. The lowest BCUT2D eigenvalue weighted by molar-refractivity contribution is -0.0255. The maximum atomic E-state index is 12.3. The van der Waals surface area contributed by atoms with E-state index in [2.05, 4.69) is 5.32 Å². The average molecular weight is 320 g/mol. The molecule has 6 nitrogen and oxygen atoms in total. The number of benzene rings is 1. The molecule has 1 aliphatic rings. The minimum atomic E-state index is -0.289. The number of nitrogens with zero attached hydrogens (tertiary/aromatic N) is 1. The van der Waals surface area contributed by atoms with Crippen LogP contribution in [-0.4, -0.2) is 55.2 Å². The Balaban J connectivity index is 1.95. The van der Waals surface area contributed by atoms with Crippen molar-refractivity contribution < 1.29 is 19.4 Å². The zero-order valence-corrected chi connectivity index (χ0v) is 13.7. The smallest absolute Gasteiger partial charge is 0.321 e. The minimum Gasteiger partial charge on any atom is -0.396 e. The van der Waals surface area contributed by atoms with E-state index in [0.29, 0.717) is 31.0 Å². The summed E-state index contributed by atoms with van der Waals surface area (Å²) in [6.07, 6.45) is 1.49. The van der Waals surface area contributed by atoms with E-state index in [1.807, 2.05) is 0 Å². The molecule has 1 aliphatic heterocycles. The van der Waals surface area contributed by atoms with Crippen molar-refractivity contribution in [3.8, 4) is 0 Å². The fraction of sp³-hybridized carbons (Fsp3) is 0.529. The Hall–Kier alpha value is -1.92. The van der Waals surface area contributed by atoms with Gasteiger partial charge in [0.05, 0.1) is 6.61 Å².